The van der Waals surface area contributed by atoms with Crippen LogP contribution in [0, 0.1) is 0 Å². The summed E-state index contributed by atoms with van der Waals surface area (Å²) in [6.45, 7) is 1.94. The summed E-state index contributed by atoms with van der Waals surface area (Å²) in [6, 6.07) is 0. The predicted octanol–water partition coefficient (Wildman–Crippen LogP) is -1.63. The average Bonchev–Trinajstić information content (AvgIpc) is 1.61. The Bertz CT molecular complexity index is 61.4. The van der Waals surface area contributed by atoms with Gasteiger partial charge >= 0.3 is 18.9 Å². The second-order valence-electron chi connectivity index (χ2n) is 1.45. The van der Waals surface area contributed by atoms with E-state index in [2.05, 4.69) is 5.43 Å². The van der Waals surface area contributed by atoms with Crippen molar-refractivity contribution in [1.82, 2.24) is 5.01 Å². The van der Waals surface area contributed by atoms with Crippen molar-refractivity contribution in [2.75, 3.05) is 14.1 Å². The van der Waals surface area contributed by atoms with Gasteiger partial charge in [0.1, 0.15) is 0 Å². The van der Waals surface area contributed by atoms with Crippen LogP contribution in [0.2, 0.25) is 0 Å². The first-order valence-electron chi connectivity index (χ1n) is 2.26. The second-order valence-corrected chi connectivity index (χ2v) is 1.45. The monoisotopic (exact) mass is 106 g/mol. The van der Waals surface area contributed by atoms with Gasteiger partial charge in [-0.2, -0.15) is 6.20 Å². The van der Waals surface area contributed by atoms with Gasteiger partial charge in [-0.25, -0.2) is 0 Å². The summed E-state index contributed by atoms with van der Waals surface area (Å²) < 4.78 is 0. The van der Waals surface area contributed by atoms with Crippen molar-refractivity contribution in [2.45, 2.75) is 6.92 Å². The van der Waals surface area contributed by atoms with Crippen molar-refractivity contribution in [2.24, 2.45) is 0 Å². The molecule has 2 nitrogen and oxygen atoms in total. The third-order valence-corrected chi connectivity index (χ3v) is 0.447. The van der Waals surface area contributed by atoms with Gasteiger partial charge in [-0.15, -0.1) is 6.08 Å². The van der Waals surface area contributed by atoms with Crippen LogP contribution in [-0.2, 0) is 0 Å². The van der Waals surface area contributed by atoms with Crippen LogP contribution in [0.5, 0.6) is 0 Å². The Kier molecular flexibility index (Phi) is 9.73. The maximum atomic E-state index is 3.90. The fraction of sp³-hybridized carbons (Fsp3) is 0.600. The molecule has 0 aliphatic rings. The number of hydrogen-bond donors (Lipinski definition) is 0. The molecule has 0 N–H and O–H groups in total. The van der Waals surface area contributed by atoms with Gasteiger partial charge in [-0.05, 0) is 21.0 Å². The Morgan fingerprint density at radius 1 is 1.38 bits per heavy atom. The zero-order valence-corrected chi connectivity index (χ0v) is 6.05. The maximum absolute atomic E-state index is 3.90. The molecule has 0 saturated carbocycles. The molecule has 0 rings (SSSR count). The Balaban J connectivity index is 0. The molecule has 0 unspecified atom stereocenters. The van der Waals surface area contributed by atoms with Crippen LogP contribution < -0.4 is 18.9 Å². The van der Waals surface area contributed by atoms with E-state index in [1.807, 2.05) is 27.1 Å². The molecule has 0 saturated heterocycles. The molecule has 0 aromatic rings. The molecule has 0 atom stereocenters. The molecule has 0 fully saturated rings. The van der Waals surface area contributed by atoms with Crippen molar-refractivity contribution in [3.8, 4) is 0 Å². The molecule has 0 aliphatic heterocycles. The number of hydrogen-bond acceptors (Lipinski definition) is 1. The average molecular weight is 106 g/mol. The van der Waals surface area contributed by atoms with Gasteiger partial charge in [-0.3, -0.25) is 0 Å². The third kappa shape index (κ3) is 9.44. The molecule has 42 valence electrons. The van der Waals surface area contributed by atoms with Crippen LogP contribution in [0.3, 0.4) is 0 Å². The van der Waals surface area contributed by atoms with E-state index in [0.717, 1.165) is 0 Å². The van der Waals surface area contributed by atoms with E-state index in [9.17, 15) is 0 Å². The first-order chi connectivity index (χ1) is 3.27. The van der Waals surface area contributed by atoms with Crippen LogP contribution in [0.1, 0.15) is 6.92 Å². The van der Waals surface area contributed by atoms with E-state index in [1.54, 1.807) is 11.2 Å². The van der Waals surface area contributed by atoms with E-state index in [-0.39, 0.29) is 18.9 Å². The first-order valence-corrected chi connectivity index (χ1v) is 2.26. The van der Waals surface area contributed by atoms with Crippen molar-refractivity contribution in [3.05, 3.63) is 17.7 Å². The minimum atomic E-state index is 0. The Morgan fingerprint density at radius 2 is 1.88 bits per heavy atom. The van der Waals surface area contributed by atoms with Gasteiger partial charge in [-0.1, -0.05) is 0 Å². The number of nitrogens with zero attached hydrogens (tertiary/aromatic N) is 2. The van der Waals surface area contributed by atoms with E-state index < -0.39 is 0 Å². The molecule has 8 heavy (non-hydrogen) atoms. The van der Waals surface area contributed by atoms with Gasteiger partial charge < -0.3 is 10.4 Å². The largest absolute Gasteiger partial charge is 1.00 e. The van der Waals surface area contributed by atoms with Crippen LogP contribution in [0.25, 0.3) is 5.43 Å². The van der Waals surface area contributed by atoms with Gasteiger partial charge in [0.2, 0.25) is 0 Å². The van der Waals surface area contributed by atoms with Crippen LogP contribution in [0.15, 0.2) is 12.3 Å². The minimum Gasteiger partial charge on any atom is -0.627 e. The maximum Gasteiger partial charge on any atom is 1.00 e. The molecule has 3 heteroatoms. The third-order valence-electron chi connectivity index (χ3n) is 0.447. The SMILES string of the molecule is C/C=C/[N-]N(C)C.[Li+]. The summed E-state index contributed by atoms with van der Waals surface area (Å²) in [7, 11) is 3.78. The van der Waals surface area contributed by atoms with Crippen LogP contribution >= 0.6 is 0 Å². The second kappa shape index (κ2) is 7.10. The van der Waals surface area contributed by atoms with Crippen molar-refractivity contribution >= 4 is 0 Å². The molecule has 0 aromatic heterocycles. The quantitative estimate of drug-likeness (QED) is 0.305. The van der Waals surface area contributed by atoms with Gasteiger partial charge in [0.15, 0.2) is 0 Å². The molecule has 0 radical (unpaired) electrons. The normalized spacial score (nSPS) is 9.50. The van der Waals surface area contributed by atoms with E-state index in [0.29, 0.717) is 0 Å². The zero-order valence-electron chi connectivity index (χ0n) is 6.05. The van der Waals surface area contributed by atoms with Crippen molar-refractivity contribution in [3.63, 3.8) is 0 Å². The molecule has 0 aliphatic carbocycles. The Labute approximate surface area is 63.1 Å². The fourth-order valence-electron chi connectivity index (χ4n) is 0.200. The molecule has 0 heterocycles. The first kappa shape index (κ1) is 11.0. The molecule has 0 amide bonds. The van der Waals surface area contributed by atoms with Crippen molar-refractivity contribution < 1.29 is 18.9 Å². The van der Waals surface area contributed by atoms with E-state index >= 15 is 0 Å². The summed E-state index contributed by atoms with van der Waals surface area (Å²) >= 11 is 0. The number of allylic oxidation sites excluding steroid dienone is 1. The van der Waals surface area contributed by atoms with Gasteiger partial charge in [0.25, 0.3) is 0 Å². The van der Waals surface area contributed by atoms with Gasteiger partial charge in [0.05, 0.1) is 0 Å². The van der Waals surface area contributed by atoms with Crippen LogP contribution in [-0.4, -0.2) is 19.1 Å². The molecule has 0 bridgehead atoms. The van der Waals surface area contributed by atoms with Crippen LogP contribution in [0.4, 0.5) is 0 Å². The zero-order chi connectivity index (χ0) is 5.70. The van der Waals surface area contributed by atoms with Gasteiger partial charge in [0, 0.05) is 0 Å². The summed E-state index contributed by atoms with van der Waals surface area (Å²) in [4.78, 5) is 0. The Morgan fingerprint density at radius 3 is 2.00 bits per heavy atom. The molecule has 0 aromatic carbocycles. The number of rotatable bonds is 2. The standard InChI is InChI=1S/C5H11N2.Li/c1-4-5-6-7(2)3;/h4-5H,1-3H3;/q-1;+1/b5-4+;. The minimum absolute atomic E-state index is 0. The van der Waals surface area contributed by atoms with E-state index in [4.69, 9.17) is 0 Å². The smallest absolute Gasteiger partial charge is 0.627 e. The topological polar surface area (TPSA) is 17.3 Å². The fourth-order valence-corrected chi connectivity index (χ4v) is 0.200. The Hall–Kier alpha value is 0.0974. The molecular formula is C5H11LiN2. The summed E-state index contributed by atoms with van der Waals surface area (Å²) in [5.41, 5.74) is 3.90. The summed E-state index contributed by atoms with van der Waals surface area (Å²) in [5, 5.41) is 1.75. The molecule has 0 spiro atoms. The summed E-state index contributed by atoms with van der Waals surface area (Å²) in [6.07, 6.45) is 3.64. The van der Waals surface area contributed by atoms with E-state index in [1.165, 1.54) is 0 Å². The summed E-state index contributed by atoms with van der Waals surface area (Å²) in [5.74, 6) is 0. The van der Waals surface area contributed by atoms with Crippen molar-refractivity contribution in [1.29, 1.82) is 0 Å². The predicted molar refractivity (Wildman–Crippen MR) is 31.9 cm³/mol. The molecular weight excluding hydrogens is 95.0 g/mol.